The van der Waals surface area contributed by atoms with Crippen molar-refractivity contribution in [2.45, 2.75) is 20.8 Å². The molecular weight excluding hydrogens is 326 g/mol. The summed E-state index contributed by atoms with van der Waals surface area (Å²) >= 11 is 0. The van der Waals surface area contributed by atoms with Gasteiger partial charge in [-0.25, -0.2) is 4.99 Å². The van der Waals surface area contributed by atoms with Crippen molar-refractivity contribution in [3.05, 3.63) is 65.2 Å². The van der Waals surface area contributed by atoms with Gasteiger partial charge in [0.25, 0.3) is 5.91 Å². The predicted octanol–water partition coefficient (Wildman–Crippen LogP) is 3.92. The summed E-state index contributed by atoms with van der Waals surface area (Å²) in [6, 6.07) is 15.4. The lowest BCUT2D eigenvalue weighted by atomic mass is 10.1. The maximum Gasteiger partial charge on any atom is 0.254 e. The molecule has 1 aromatic heterocycles. The average Bonchev–Trinajstić information content (AvgIpc) is 2.64. The number of primary amides is 1. The molecule has 0 unspecified atom stereocenters. The van der Waals surface area contributed by atoms with E-state index in [9.17, 15) is 4.79 Å². The molecule has 1 heterocycles. The molecule has 5 heteroatoms. The first-order valence-corrected chi connectivity index (χ1v) is 8.76. The Balaban J connectivity index is 2.24. The van der Waals surface area contributed by atoms with Crippen molar-refractivity contribution < 1.29 is 9.21 Å². The summed E-state index contributed by atoms with van der Waals surface area (Å²) in [5, 5.41) is 0.818. The van der Waals surface area contributed by atoms with Crippen molar-refractivity contribution in [3.8, 4) is 0 Å². The number of nitrogens with zero attached hydrogens (tertiary/aromatic N) is 2. The summed E-state index contributed by atoms with van der Waals surface area (Å²) in [6.45, 7) is 7.99. The van der Waals surface area contributed by atoms with Gasteiger partial charge in [0, 0.05) is 30.2 Å². The monoisotopic (exact) mass is 349 g/mol. The highest BCUT2D eigenvalue weighted by molar-refractivity contribution is 5.95. The van der Waals surface area contributed by atoms with Crippen LogP contribution in [-0.2, 0) is 0 Å². The third-order valence-electron chi connectivity index (χ3n) is 4.47. The van der Waals surface area contributed by atoms with E-state index in [-0.39, 0.29) is 11.1 Å². The van der Waals surface area contributed by atoms with Crippen LogP contribution in [0.5, 0.6) is 0 Å². The molecule has 3 rings (SSSR count). The van der Waals surface area contributed by atoms with Gasteiger partial charge >= 0.3 is 0 Å². The lowest BCUT2D eigenvalue weighted by Gasteiger charge is -2.21. The minimum absolute atomic E-state index is 0.232. The fourth-order valence-corrected chi connectivity index (χ4v) is 2.95. The van der Waals surface area contributed by atoms with Gasteiger partial charge in [-0.2, -0.15) is 0 Å². The Bertz CT molecular complexity index is 1020. The molecular formula is C21H23N3O2. The Morgan fingerprint density at radius 1 is 1.12 bits per heavy atom. The molecule has 3 aromatic rings. The fraction of sp³-hybridized carbons (Fsp3) is 0.238. The molecule has 26 heavy (non-hydrogen) atoms. The van der Waals surface area contributed by atoms with E-state index in [1.54, 1.807) is 6.07 Å². The third kappa shape index (κ3) is 3.47. The third-order valence-corrected chi connectivity index (χ3v) is 4.47. The normalized spacial score (nSPS) is 11.7. The smallest absolute Gasteiger partial charge is 0.254 e. The summed E-state index contributed by atoms with van der Waals surface area (Å²) in [6.07, 6.45) is 0. The Kier molecular flexibility index (Phi) is 5.07. The lowest BCUT2D eigenvalue weighted by Crippen LogP contribution is -2.23. The van der Waals surface area contributed by atoms with Crippen LogP contribution in [0.2, 0.25) is 0 Å². The van der Waals surface area contributed by atoms with Gasteiger partial charge in [-0.3, -0.25) is 4.79 Å². The van der Waals surface area contributed by atoms with E-state index in [0.29, 0.717) is 5.58 Å². The minimum Gasteiger partial charge on any atom is -0.437 e. The second-order valence-electron chi connectivity index (χ2n) is 6.12. The predicted molar refractivity (Wildman–Crippen MR) is 105 cm³/mol. The van der Waals surface area contributed by atoms with E-state index in [4.69, 9.17) is 10.2 Å². The molecule has 0 aliphatic carbocycles. The number of carbonyl (C=O) groups excluding carboxylic acids is 1. The molecule has 5 nitrogen and oxygen atoms in total. The minimum atomic E-state index is -0.559. The number of nitrogens with two attached hydrogens (primary N) is 1. The van der Waals surface area contributed by atoms with Gasteiger partial charge in [0.15, 0.2) is 0 Å². The number of hydrogen-bond acceptors (Lipinski definition) is 4. The first-order chi connectivity index (χ1) is 12.5. The second-order valence-corrected chi connectivity index (χ2v) is 6.12. The van der Waals surface area contributed by atoms with Gasteiger partial charge in [-0.05, 0) is 50.6 Å². The number of amides is 1. The number of rotatable bonds is 5. The molecule has 2 aromatic carbocycles. The zero-order valence-electron chi connectivity index (χ0n) is 15.3. The Morgan fingerprint density at radius 3 is 2.50 bits per heavy atom. The molecule has 2 N–H and O–H groups in total. The lowest BCUT2D eigenvalue weighted by molar-refractivity contribution is 0.0996. The van der Waals surface area contributed by atoms with Crippen LogP contribution < -0.4 is 16.2 Å². The first-order valence-electron chi connectivity index (χ1n) is 8.76. The number of aryl methyl sites for hydroxylation is 1. The standard InChI is InChI=1S/C21H23N3O2/c1-4-24(5-2)16-11-10-15-12-17(20(22)25)21(26-19(15)13-16)23-18-9-7-6-8-14(18)3/h6-13H,4-5H2,1-3H3,(H2,22,25). The number of para-hydroxylation sites is 1. The molecule has 0 fully saturated rings. The molecule has 0 saturated heterocycles. The second kappa shape index (κ2) is 7.44. The fourth-order valence-electron chi connectivity index (χ4n) is 2.95. The van der Waals surface area contributed by atoms with Crippen LogP contribution in [0, 0.1) is 6.92 Å². The summed E-state index contributed by atoms with van der Waals surface area (Å²) in [4.78, 5) is 18.7. The van der Waals surface area contributed by atoms with Gasteiger partial charge in [0.2, 0.25) is 5.55 Å². The van der Waals surface area contributed by atoms with Crippen LogP contribution in [0.3, 0.4) is 0 Å². The number of hydrogen-bond donors (Lipinski definition) is 1. The van der Waals surface area contributed by atoms with Crippen molar-refractivity contribution in [3.63, 3.8) is 0 Å². The average molecular weight is 349 g/mol. The highest BCUT2D eigenvalue weighted by atomic mass is 16.3. The quantitative estimate of drug-likeness (QED) is 0.759. The van der Waals surface area contributed by atoms with Crippen molar-refractivity contribution in [1.29, 1.82) is 0 Å². The first kappa shape index (κ1) is 17.7. The highest BCUT2D eigenvalue weighted by Crippen LogP contribution is 2.23. The van der Waals surface area contributed by atoms with Crippen LogP contribution in [-0.4, -0.2) is 19.0 Å². The molecule has 0 bridgehead atoms. The molecule has 0 spiro atoms. The van der Waals surface area contributed by atoms with E-state index in [2.05, 4.69) is 23.7 Å². The van der Waals surface area contributed by atoms with E-state index in [1.807, 2.05) is 49.4 Å². The highest BCUT2D eigenvalue weighted by Gasteiger charge is 2.11. The molecule has 0 atom stereocenters. The summed E-state index contributed by atoms with van der Waals surface area (Å²) in [5.74, 6) is -0.559. The van der Waals surface area contributed by atoms with Gasteiger partial charge in [-0.1, -0.05) is 18.2 Å². The van der Waals surface area contributed by atoms with Crippen LogP contribution >= 0.6 is 0 Å². The van der Waals surface area contributed by atoms with Crippen molar-refractivity contribution in [1.82, 2.24) is 0 Å². The maximum absolute atomic E-state index is 11.9. The van der Waals surface area contributed by atoms with Gasteiger partial charge in [0.1, 0.15) is 11.1 Å². The molecule has 0 aliphatic rings. The molecule has 1 amide bonds. The molecule has 134 valence electrons. The van der Waals surface area contributed by atoms with Crippen molar-refractivity contribution >= 4 is 28.3 Å². The van der Waals surface area contributed by atoms with Gasteiger partial charge in [-0.15, -0.1) is 0 Å². The van der Waals surface area contributed by atoms with Crippen LogP contribution in [0.4, 0.5) is 11.4 Å². The largest absolute Gasteiger partial charge is 0.437 e. The maximum atomic E-state index is 11.9. The van der Waals surface area contributed by atoms with Crippen molar-refractivity contribution in [2.75, 3.05) is 18.0 Å². The number of carbonyl (C=O) groups is 1. The van der Waals surface area contributed by atoms with Crippen LogP contribution in [0.25, 0.3) is 11.0 Å². The summed E-state index contributed by atoms with van der Waals surface area (Å²) in [5.41, 5.74) is 9.54. The van der Waals surface area contributed by atoms with Gasteiger partial charge < -0.3 is 15.1 Å². The topological polar surface area (TPSA) is 71.8 Å². The molecule has 0 radical (unpaired) electrons. The molecule has 0 aliphatic heterocycles. The van der Waals surface area contributed by atoms with Crippen LogP contribution in [0.15, 0.2) is 57.9 Å². The zero-order chi connectivity index (χ0) is 18.7. The van der Waals surface area contributed by atoms with E-state index in [1.165, 1.54) is 0 Å². The van der Waals surface area contributed by atoms with Gasteiger partial charge in [0.05, 0.1) is 5.69 Å². The Morgan fingerprint density at radius 2 is 1.85 bits per heavy atom. The summed E-state index contributed by atoms with van der Waals surface area (Å²) in [7, 11) is 0. The zero-order valence-corrected chi connectivity index (χ0v) is 15.3. The van der Waals surface area contributed by atoms with E-state index < -0.39 is 5.91 Å². The Labute approximate surface area is 152 Å². The molecule has 0 saturated carbocycles. The Hall–Kier alpha value is -3.08. The van der Waals surface area contributed by atoms with E-state index in [0.717, 1.165) is 35.4 Å². The van der Waals surface area contributed by atoms with E-state index >= 15 is 0 Å². The number of fused-ring (bicyclic) bond motifs is 1. The number of anilines is 1. The SMILES string of the molecule is CCN(CC)c1ccc2cc(C(N)=O)c(=Nc3ccccc3C)oc2c1. The summed E-state index contributed by atoms with van der Waals surface area (Å²) < 4.78 is 6.00. The van der Waals surface area contributed by atoms with Crippen LogP contribution in [0.1, 0.15) is 29.8 Å². The van der Waals surface area contributed by atoms with Crippen molar-refractivity contribution in [2.24, 2.45) is 10.7 Å². The number of benzene rings is 2.